The number of carbonyl (C=O) groups is 2. The Kier molecular flexibility index (Phi) is 8.60. The highest BCUT2D eigenvalue weighted by Gasteiger charge is 2.03. The van der Waals surface area contributed by atoms with Crippen LogP contribution in [0.25, 0.3) is 0 Å². The van der Waals surface area contributed by atoms with Gasteiger partial charge in [-0.25, -0.2) is 0 Å². The van der Waals surface area contributed by atoms with Crippen LogP contribution in [-0.4, -0.2) is 25.7 Å². The van der Waals surface area contributed by atoms with Gasteiger partial charge in [0, 0.05) is 5.56 Å². The topological polar surface area (TPSA) is 69.4 Å². The van der Waals surface area contributed by atoms with Crippen LogP contribution in [0.3, 0.4) is 0 Å². The first-order valence-electron chi connectivity index (χ1n) is 5.69. The van der Waals surface area contributed by atoms with Crippen molar-refractivity contribution in [1.29, 1.82) is 0 Å². The Morgan fingerprint density at radius 1 is 1.24 bits per heavy atom. The van der Waals surface area contributed by atoms with Gasteiger partial charge in [0.05, 0.1) is 12.2 Å². The molecule has 4 heteroatoms. The number of hydrogen-bond donors (Lipinski definition) is 1. The van der Waals surface area contributed by atoms with Gasteiger partial charge < -0.3 is 10.5 Å². The van der Waals surface area contributed by atoms with Crippen molar-refractivity contribution in [3.63, 3.8) is 0 Å². The maximum atomic E-state index is 10.7. The first-order valence-corrected chi connectivity index (χ1v) is 5.69. The number of benzene rings is 1. The van der Waals surface area contributed by atoms with Gasteiger partial charge in [-0.15, -0.1) is 0 Å². The molecule has 4 nitrogen and oxygen atoms in total. The second-order valence-corrected chi connectivity index (χ2v) is 3.02. The van der Waals surface area contributed by atoms with Crippen molar-refractivity contribution < 1.29 is 14.3 Å². The predicted octanol–water partition coefficient (Wildman–Crippen LogP) is 2.07. The minimum Gasteiger partial charge on any atom is -0.493 e. The number of nitrogens with two attached hydrogens (primary N) is 1. The molecule has 2 N–H and O–H groups in total. The number of ether oxygens (including phenoxy) is 1. The molecule has 0 bridgehead atoms. The fourth-order valence-electron chi connectivity index (χ4n) is 1.11. The third-order valence-corrected chi connectivity index (χ3v) is 1.91. The normalized spacial score (nSPS) is 8.88. The van der Waals surface area contributed by atoms with Gasteiger partial charge in [0.15, 0.2) is 6.29 Å². The summed E-state index contributed by atoms with van der Waals surface area (Å²) < 4.78 is 5.34. The largest absolute Gasteiger partial charge is 0.493 e. The monoisotopic (exact) mass is 237 g/mol. The minimum atomic E-state index is 0.433. The summed E-state index contributed by atoms with van der Waals surface area (Å²) in [5.74, 6) is 0.433. The lowest BCUT2D eigenvalue weighted by Crippen LogP contribution is -2.07. The number of carbonyl (C=O) groups excluding carboxylic acids is 2. The zero-order valence-corrected chi connectivity index (χ0v) is 10.3. The van der Waals surface area contributed by atoms with E-state index in [1.54, 1.807) is 18.2 Å². The van der Waals surface area contributed by atoms with E-state index in [0.29, 0.717) is 49.0 Å². The number of hydrogen-bond acceptors (Lipinski definition) is 4. The molecule has 0 saturated heterocycles. The molecule has 0 fully saturated rings. The van der Waals surface area contributed by atoms with Gasteiger partial charge in [0.25, 0.3) is 0 Å². The lowest BCUT2D eigenvalue weighted by Gasteiger charge is -2.07. The van der Waals surface area contributed by atoms with Crippen LogP contribution < -0.4 is 10.5 Å². The SMILES string of the molecule is CC.NCCCOc1cc(C=O)ccc1C=O. The van der Waals surface area contributed by atoms with E-state index in [1.807, 2.05) is 13.8 Å². The third kappa shape index (κ3) is 5.26. The van der Waals surface area contributed by atoms with Gasteiger partial charge in [-0.2, -0.15) is 0 Å². The van der Waals surface area contributed by atoms with Crippen molar-refractivity contribution in [3.05, 3.63) is 29.3 Å². The van der Waals surface area contributed by atoms with Crippen LogP contribution in [0, 0.1) is 0 Å². The molecule has 0 unspecified atom stereocenters. The van der Waals surface area contributed by atoms with Gasteiger partial charge in [0.1, 0.15) is 12.0 Å². The van der Waals surface area contributed by atoms with E-state index in [2.05, 4.69) is 0 Å². The molecule has 0 atom stereocenters. The van der Waals surface area contributed by atoms with Gasteiger partial charge in [0.2, 0.25) is 0 Å². The summed E-state index contributed by atoms with van der Waals surface area (Å²) in [7, 11) is 0. The summed E-state index contributed by atoms with van der Waals surface area (Å²) in [6, 6.07) is 4.69. The molecule has 0 heterocycles. The summed E-state index contributed by atoms with van der Waals surface area (Å²) in [5, 5.41) is 0. The van der Waals surface area contributed by atoms with Crippen LogP contribution in [0.1, 0.15) is 41.0 Å². The molecule has 0 saturated carbocycles. The molecule has 1 aromatic rings. The van der Waals surface area contributed by atoms with Crippen molar-refractivity contribution in [3.8, 4) is 5.75 Å². The summed E-state index contributed by atoms with van der Waals surface area (Å²) >= 11 is 0. The van der Waals surface area contributed by atoms with Gasteiger partial charge >= 0.3 is 0 Å². The fourth-order valence-corrected chi connectivity index (χ4v) is 1.11. The molecular weight excluding hydrogens is 218 g/mol. The van der Waals surface area contributed by atoms with E-state index in [-0.39, 0.29) is 0 Å². The molecule has 94 valence electrons. The lowest BCUT2D eigenvalue weighted by molar-refractivity contribution is 0.110. The van der Waals surface area contributed by atoms with Gasteiger partial charge in [-0.3, -0.25) is 9.59 Å². The Balaban J connectivity index is 0.00000121. The quantitative estimate of drug-likeness (QED) is 0.607. The van der Waals surface area contributed by atoms with E-state index in [1.165, 1.54) is 0 Å². The second-order valence-electron chi connectivity index (χ2n) is 3.02. The molecule has 1 rings (SSSR count). The van der Waals surface area contributed by atoms with E-state index in [4.69, 9.17) is 10.5 Å². The summed E-state index contributed by atoms with van der Waals surface area (Å²) in [6.45, 7) is 4.98. The van der Waals surface area contributed by atoms with Gasteiger partial charge in [-0.05, 0) is 25.1 Å². The van der Waals surface area contributed by atoms with Crippen molar-refractivity contribution in [2.45, 2.75) is 20.3 Å². The molecule has 0 spiro atoms. The maximum absolute atomic E-state index is 10.7. The Bertz CT molecular complexity index is 351. The Morgan fingerprint density at radius 3 is 2.47 bits per heavy atom. The third-order valence-electron chi connectivity index (χ3n) is 1.91. The van der Waals surface area contributed by atoms with Crippen molar-refractivity contribution in [2.75, 3.05) is 13.2 Å². The molecule has 0 aliphatic heterocycles. The smallest absolute Gasteiger partial charge is 0.153 e. The average molecular weight is 237 g/mol. The Hall–Kier alpha value is -1.68. The molecule has 1 aromatic carbocycles. The number of aldehydes is 2. The minimum absolute atomic E-state index is 0.433. The highest BCUT2D eigenvalue weighted by molar-refractivity contribution is 5.83. The van der Waals surface area contributed by atoms with E-state index < -0.39 is 0 Å². The maximum Gasteiger partial charge on any atom is 0.153 e. The Labute approximate surface area is 102 Å². The van der Waals surface area contributed by atoms with Crippen molar-refractivity contribution in [2.24, 2.45) is 5.73 Å². The van der Waals surface area contributed by atoms with E-state index in [0.717, 1.165) is 0 Å². The van der Waals surface area contributed by atoms with E-state index >= 15 is 0 Å². The van der Waals surface area contributed by atoms with Crippen LogP contribution in [0.5, 0.6) is 5.75 Å². The standard InChI is InChI=1S/C11H13NO3.C2H6/c12-4-1-5-15-11-6-9(7-13)2-3-10(11)8-14;1-2/h2-3,6-8H,1,4-5,12H2;1-2H3. The molecule has 0 aliphatic carbocycles. The number of rotatable bonds is 6. The van der Waals surface area contributed by atoms with Crippen molar-refractivity contribution in [1.82, 2.24) is 0 Å². The first kappa shape index (κ1) is 15.3. The van der Waals surface area contributed by atoms with Crippen LogP contribution in [-0.2, 0) is 0 Å². The first-order chi connectivity index (χ1) is 8.31. The predicted molar refractivity (Wildman–Crippen MR) is 67.7 cm³/mol. The Morgan fingerprint density at radius 2 is 1.94 bits per heavy atom. The molecule has 17 heavy (non-hydrogen) atoms. The van der Waals surface area contributed by atoms with Crippen LogP contribution in [0.15, 0.2) is 18.2 Å². The zero-order chi connectivity index (χ0) is 13.1. The summed E-state index contributed by atoms with van der Waals surface area (Å²) in [4.78, 5) is 21.2. The molecule has 0 aliphatic rings. The van der Waals surface area contributed by atoms with Crippen LogP contribution >= 0.6 is 0 Å². The molecule has 0 radical (unpaired) electrons. The van der Waals surface area contributed by atoms with E-state index in [9.17, 15) is 9.59 Å². The van der Waals surface area contributed by atoms with Crippen LogP contribution in [0.4, 0.5) is 0 Å². The molecular formula is C13H19NO3. The molecule has 0 amide bonds. The highest BCUT2D eigenvalue weighted by Crippen LogP contribution is 2.18. The summed E-state index contributed by atoms with van der Waals surface area (Å²) in [6.07, 6.45) is 2.13. The van der Waals surface area contributed by atoms with Crippen molar-refractivity contribution >= 4 is 12.6 Å². The zero-order valence-electron chi connectivity index (χ0n) is 10.3. The second kappa shape index (κ2) is 9.54. The summed E-state index contributed by atoms with van der Waals surface area (Å²) in [5.41, 5.74) is 6.25. The van der Waals surface area contributed by atoms with Gasteiger partial charge in [-0.1, -0.05) is 19.9 Å². The highest BCUT2D eigenvalue weighted by atomic mass is 16.5. The fraction of sp³-hybridized carbons (Fsp3) is 0.385. The average Bonchev–Trinajstić information content (AvgIpc) is 2.41. The molecule has 0 aromatic heterocycles. The lowest BCUT2D eigenvalue weighted by atomic mass is 10.1. The van der Waals surface area contributed by atoms with Crippen LogP contribution in [0.2, 0.25) is 0 Å².